The second-order valence-electron chi connectivity index (χ2n) is 32.9. The maximum Gasteiger partial charge on any atom is 0.326 e. The molecule has 8 amide bonds. The van der Waals surface area contributed by atoms with Crippen LogP contribution in [0.4, 0.5) is 0 Å². The lowest BCUT2D eigenvalue weighted by molar-refractivity contribution is -0.150. The third kappa shape index (κ3) is 39.0. The fourth-order valence-corrected chi connectivity index (χ4v) is 14.4. The molecule has 0 spiro atoms. The average Bonchev–Trinajstić information content (AvgIpc) is 1.65. The molecule has 0 radical (unpaired) electrons. The van der Waals surface area contributed by atoms with E-state index >= 15 is 0 Å². The van der Waals surface area contributed by atoms with Crippen LogP contribution in [0.3, 0.4) is 0 Å². The van der Waals surface area contributed by atoms with Crippen molar-refractivity contribution in [3.05, 3.63) is 0 Å². The van der Waals surface area contributed by atoms with Crippen LogP contribution in [0.2, 0.25) is 0 Å². The van der Waals surface area contributed by atoms with Crippen molar-refractivity contribution in [3.63, 3.8) is 0 Å². The van der Waals surface area contributed by atoms with Gasteiger partial charge in [0.1, 0.15) is 30.2 Å². The Morgan fingerprint density at radius 1 is 0.405 bits per heavy atom. The topological polar surface area (TPSA) is 546 Å². The highest BCUT2D eigenvalue weighted by Gasteiger charge is 2.43. The van der Waals surface area contributed by atoms with Gasteiger partial charge in [-0.05, 0) is 104 Å². The number of carboxylic acids is 1. The van der Waals surface area contributed by atoms with Gasteiger partial charge >= 0.3 is 17.9 Å². The van der Waals surface area contributed by atoms with Crippen LogP contribution in [0.1, 0.15) is 228 Å². The van der Waals surface area contributed by atoms with E-state index in [0.717, 1.165) is 18.7 Å². The van der Waals surface area contributed by atoms with Gasteiger partial charge in [-0.1, -0.05) is 109 Å². The number of carbonyl (C=O) groups is 18. The molecule has 0 aromatic carbocycles. The summed E-state index contributed by atoms with van der Waals surface area (Å²) in [5.41, 5.74) is 0. The van der Waals surface area contributed by atoms with E-state index in [1.165, 1.54) is 44.4 Å². The number of ether oxygens (including phenoxy) is 2. The molecule has 2 rings (SSSR count). The number of aliphatic hydroxyl groups excluding tert-OH is 6. The van der Waals surface area contributed by atoms with Gasteiger partial charge < -0.3 is 86.9 Å². The van der Waals surface area contributed by atoms with Crippen LogP contribution >= 0.6 is 24.4 Å². The van der Waals surface area contributed by atoms with E-state index in [2.05, 4.69) is 49.3 Å². The number of Topliss-reactive ketones (excluding diaryl/α,β-unsaturated/α-hetero) is 6. The summed E-state index contributed by atoms with van der Waals surface area (Å²) in [4.78, 5) is 235. The number of likely N-dealkylation sites (tertiary alicyclic amines) is 2. The smallest absolute Gasteiger partial charge is 0.326 e. The van der Waals surface area contributed by atoms with Crippen molar-refractivity contribution < 1.29 is 132 Å². The van der Waals surface area contributed by atoms with Crippen molar-refractivity contribution in [1.82, 2.24) is 41.7 Å². The molecule has 2 saturated heterocycles. The number of nitrogens with zero attached hydrogens (tertiary/aromatic N) is 2. The second-order valence-corrected chi connectivity index (χ2v) is 34.5. The van der Waals surface area contributed by atoms with Gasteiger partial charge in [0.2, 0.25) is 52.4 Å². The molecule has 35 nitrogen and oxygen atoms in total. The number of carboxylic acid groups (broad SMARTS) is 1. The number of nitrogens with one attached hydrogen (secondary N) is 6. The van der Waals surface area contributed by atoms with Gasteiger partial charge in [0.25, 0.3) is 0 Å². The summed E-state index contributed by atoms with van der Waals surface area (Å²) < 4.78 is 9.45. The van der Waals surface area contributed by atoms with E-state index in [9.17, 15) is 122 Å². The number of esters is 2. The predicted octanol–water partition coefficient (Wildman–Crippen LogP) is 2.75. The minimum absolute atomic E-state index is 0.0176. The zero-order chi connectivity index (χ0) is 93.3. The molecule has 692 valence electrons. The van der Waals surface area contributed by atoms with Gasteiger partial charge in [0.15, 0.2) is 34.7 Å². The van der Waals surface area contributed by atoms with Crippen LogP contribution in [-0.4, -0.2) is 274 Å². The lowest BCUT2D eigenvalue weighted by Gasteiger charge is -2.29. The van der Waals surface area contributed by atoms with Crippen molar-refractivity contribution in [3.8, 4) is 0 Å². The Labute approximate surface area is 722 Å². The highest BCUT2D eigenvalue weighted by molar-refractivity contribution is 8.13. The van der Waals surface area contributed by atoms with E-state index in [0.29, 0.717) is 57.4 Å². The van der Waals surface area contributed by atoms with Gasteiger partial charge in [-0.25, -0.2) is 4.79 Å². The summed E-state index contributed by atoms with van der Waals surface area (Å²) in [6.07, 6.45) is -5.22. The van der Waals surface area contributed by atoms with Crippen molar-refractivity contribution >= 4 is 129 Å². The van der Waals surface area contributed by atoms with E-state index in [1.54, 1.807) is 62.3 Å². The fraction of sp³-hybridized carbons (Fsp3) is 0.786. The van der Waals surface area contributed by atoms with Gasteiger partial charge in [-0.3, -0.25) is 81.5 Å². The summed E-state index contributed by atoms with van der Waals surface area (Å²) in [6, 6.07) is -9.07. The molecular formula is C84H142N8O27S2. The summed E-state index contributed by atoms with van der Waals surface area (Å²) >= 11 is 4.76. The maximum atomic E-state index is 13.8. The molecule has 0 aromatic rings. The third-order valence-corrected chi connectivity index (χ3v) is 22.8. The summed E-state index contributed by atoms with van der Waals surface area (Å²) in [7, 11) is 0. The molecule has 0 aromatic heterocycles. The minimum atomic E-state index is -1.73. The zero-order valence-corrected chi connectivity index (χ0v) is 76.2. The van der Waals surface area contributed by atoms with Crippen molar-refractivity contribution in [2.75, 3.05) is 51.0 Å². The monoisotopic (exact) mass is 1760 g/mol. The van der Waals surface area contributed by atoms with Crippen LogP contribution in [0.5, 0.6) is 0 Å². The first-order valence-corrected chi connectivity index (χ1v) is 43.9. The highest BCUT2D eigenvalue weighted by Crippen LogP contribution is 2.29. The van der Waals surface area contributed by atoms with E-state index in [4.69, 9.17) is 4.74 Å². The van der Waals surface area contributed by atoms with E-state index in [-0.39, 0.29) is 115 Å². The average molecular weight is 1760 g/mol. The normalized spacial score (nSPS) is 18.4. The third-order valence-electron chi connectivity index (χ3n) is 21.6. The predicted molar refractivity (Wildman–Crippen MR) is 452 cm³/mol. The number of thiol groups is 1. The van der Waals surface area contributed by atoms with E-state index < -0.39 is 217 Å². The number of thioether (sulfide) groups is 1. The Bertz CT molecular complexity index is 3420. The molecular weight excluding hydrogens is 1620 g/mol. The zero-order valence-electron chi connectivity index (χ0n) is 74.5. The molecule has 4 unspecified atom stereocenters. The molecule has 0 saturated carbocycles. The maximum absolute atomic E-state index is 13.8. The lowest BCUT2D eigenvalue weighted by Crippen LogP contribution is -2.54. The van der Waals surface area contributed by atoms with Crippen molar-refractivity contribution in [1.29, 1.82) is 0 Å². The number of aliphatic hydroxyl groups is 6. The van der Waals surface area contributed by atoms with Crippen LogP contribution < -0.4 is 31.9 Å². The first-order valence-electron chi connectivity index (χ1n) is 42.3. The first-order chi connectivity index (χ1) is 56.4. The Kier molecular flexibility index (Phi) is 54.0. The standard InChI is InChI=1S/C40H68N4O9.C39H64N4O16S.C5H10O2S/c1-13-27(19-32(46)34(23(7)8)42-36(48)26(12)21(3)4)37(49)43-35(24(9)10)33(47)20-28(22(5)6)38(50)41-29(14-2)31(45)18-25(11)39(51)44-17-15-16-30(44)40(52)53;1-8-59-32(53)11-13-60-39(58)28-10-9-12-43(28)38(57)19(2)14-29(50)27(18-45)40-37(56)26(22(5)47)16-31(52)34(24(7)49)42-36(55)25(17-44)15-30(51)33(23(6)48)41-35(54)20(3)21(4)46;1-2-7-5(6)3-4-8/h21-30,34-35H,13-20H2,1-12H3,(H,41,50)(H,42,48)(H,43,49)(H,52,53);19-28,33-34,44-49H,8-18H2,1-7H3,(H,40,56)(H,41,54)(H,42,55);8H,2-4H2,1H3/t25-,26+,27-,28+,29+,30+,34+,35+;19-,20+,21?,22?,23?,24?,25+,26+,27+,28+,33+,34+;/m11./s1. The SMILES string of the molecule is CCOC(=O)CCS.CCOC(=O)CCSC(=O)[C@@H]1CCCN1C(=O)[C@H](C)CC(=O)[C@H](CO)NC(=O)[C@@H](CC(=O)[C@@H](NC(=O)[C@H](CO)CC(=O)[C@@H](NC(=O)[C@@H](C)C(C)O)C(C)O)C(C)O)C(C)O.CC[C@H](CC(=O)[C@@H](NC(=O)[C@@H](C)C(C)C)C(C)C)C(=O)N[C@H](C(=O)C[C@H](C(=O)N[C@@H](CC)C(=O)C[C@@H](C)C(=O)N1CCC[C@H]1C(=O)O)C(C)C)C(C)C. The molecule has 2 heterocycles. The van der Waals surface area contributed by atoms with E-state index in [1.807, 2.05) is 34.6 Å². The van der Waals surface area contributed by atoms with Crippen molar-refractivity contribution in [2.24, 2.45) is 71.0 Å². The Morgan fingerprint density at radius 2 is 0.802 bits per heavy atom. The number of ketones is 6. The number of hydrogen-bond donors (Lipinski definition) is 14. The summed E-state index contributed by atoms with van der Waals surface area (Å²) in [5, 5.41) is 85.2. The van der Waals surface area contributed by atoms with Crippen LogP contribution in [-0.2, 0) is 95.8 Å². The lowest BCUT2D eigenvalue weighted by atomic mass is 9.85. The second kappa shape index (κ2) is 57.7. The van der Waals surface area contributed by atoms with Gasteiger partial charge in [-0.2, -0.15) is 12.6 Å². The van der Waals surface area contributed by atoms with Crippen LogP contribution in [0.15, 0.2) is 0 Å². The van der Waals surface area contributed by atoms with Crippen molar-refractivity contribution in [2.45, 2.75) is 301 Å². The van der Waals surface area contributed by atoms with Crippen LogP contribution in [0.25, 0.3) is 0 Å². The minimum Gasteiger partial charge on any atom is -0.480 e. The number of amides is 8. The summed E-state index contributed by atoms with van der Waals surface area (Å²) in [6.45, 7) is 32.2. The molecule has 2 aliphatic rings. The number of rotatable bonds is 53. The molecule has 13 N–H and O–H groups in total. The van der Waals surface area contributed by atoms with Gasteiger partial charge in [0.05, 0.1) is 99.6 Å². The fourth-order valence-electron chi connectivity index (χ4n) is 13.3. The quantitative estimate of drug-likeness (QED) is 0.0307. The number of aliphatic carboxylic acids is 1. The molecule has 0 aliphatic carbocycles. The molecule has 0 bridgehead atoms. The highest BCUT2D eigenvalue weighted by atomic mass is 32.2. The van der Waals surface area contributed by atoms with Gasteiger partial charge in [0, 0.05) is 92.7 Å². The molecule has 20 atom stereocenters. The molecule has 2 aliphatic heterocycles. The molecule has 121 heavy (non-hydrogen) atoms. The summed E-state index contributed by atoms with van der Waals surface area (Å²) in [5.74, 6) is -17.8. The first kappa shape index (κ1) is 113. The Hall–Kier alpha value is -7.68. The number of carbonyl (C=O) groups excluding carboxylic acids is 17. The molecule has 37 heteroatoms. The molecule has 2 fully saturated rings. The Balaban J connectivity index is 0.00000219. The van der Waals surface area contributed by atoms with Gasteiger partial charge in [-0.15, -0.1) is 0 Å². The largest absolute Gasteiger partial charge is 0.480 e. The van der Waals surface area contributed by atoms with Crippen LogP contribution in [0, 0.1) is 71.0 Å². The number of hydrogen-bond acceptors (Lipinski definition) is 28. The Morgan fingerprint density at radius 3 is 1.22 bits per heavy atom.